The lowest BCUT2D eigenvalue weighted by molar-refractivity contribution is 0.0157. The monoisotopic (exact) mass is 459 g/mol. The van der Waals surface area contributed by atoms with Crippen LogP contribution in [0.1, 0.15) is 43.6 Å². The number of ether oxygens (including phenoxy) is 1. The van der Waals surface area contributed by atoms with E-state index in [1.807, 2.05) is 12.3 Å². The number of aryl methyl sites for hydroxylation is 1. The second-order valence-electron chi connectivity index (χ2n) is 9.10. The minimum atomic E-state index is -3.33. The summed E-state index contributed by atoms with van der Waals surface area (Å²) in [5, 5.41) is 0. The van der Waals surface area contributed by atoms with Crippen molar-refractivity contribution >= 4 is 15.7 Å². The molecular weight excluding hydrogens is 426 g/mol. The quantitative estimate of drug-likeness (QED) is 0.689. The molecule has 7 nitrogen and oxygen atoms in total. The maximum Gasteiger partial charge on any atom is 0.250 e. The molecule has 4 rings (SSSR count). The van der Waals surface area contributed by atoms with Gasteiger partial charge in [-0.05, 0) is 49.7 Å². The third-order valence-corrected chi connectivity index (χ3v) is 7.49. The predicted molar refractivity (Wildman–Crippen MR) is 127 cm³/mol. The largest absolute Gasteiger partial charge is 0.376 e. The first kappa shape index (κ1) is 23.0. The molecule has 32 heavy (non-hydrogen) atoms. The van der Waals surface area contributed by atoms with Gasteiger partial charge in [0.15, 0.2) is 0 Å². The smallest absolute Gasteiger partial charge is 0.250 e. The molecule has 0 unspecified atom stereocenters. The lowest BCUT2D eigenvalue weighted by atomic mass is 9.83. The van der Waals surface area contributed by atoms with Gasteiger partial charge in [0, 0.05) is 31.9 Å². The van der Waals surface area contributed by atoms with Gasteiger partial charge in [-0.2, -0.15) is 0 Å². The number of sulfonamides is 1. The van der Waals surface area contributed by atoms with Crippen molar-refractivity contribution in [2.24, 2.45) is 7.05 Å². The fourth-order valence-electron chi connectivity index (χ4n) is 5.06. The highest BCUT2D eigenvalue weighted by Gasteiger charge is 2.37. The fraction of sp³-hybridized carbons (Fsp3) is 0.542. The van der Waals surface area contributed by atoms with Crippen molar-refractivity contribution in [1.82, 2.24) is 9.29 Å². The molecule has 2 heterocycles. The van der Waals surface area contributed by atoms with E-state index >= 15 is 0 Å². The van der Waals surface area contributed by atoms with Gasteiger partial charge in [0.2, 0.25) is 15.6 Å². The average Bonchev–Trinajstić information content (AvgIpc) is 3.16. The second-order valence-corrected chi connectivity index (χ2v) is 10.9. The maximum atomic E-state index is 11.9. The van der Waals surface area contributed by atoms with E-state index in [-0.39, 0.29) is 23.7 Å². The van der Waals surface area contributed by atoms with Crippen molar-refractivity contribution in [2.75, 3.05) is 24.3 Å². The summed E-state index contributed by atoms with van der Waals surface area (Å²) in [5.41, 5.74) is 2.24. The Bertz CT molecular complexity index is 1060. The number of anilines is 1. The van der Waals surface area contributed by atoms with Gasteiger partial charge < -0.3 is 14.2 Å². The minimum absolute atomic E-state index is 0.0678. The number of nitrogens with zero attached hydrogens (tertiary/aromatic N) is 2. The molecule has 0 radical (unpaired) electrons. The number of aromatic nitrogens is 1. The first-order valence-electron chi connectivity index (χ1n) is 11.4. The summed E-state index contributed by atoms with van der Waals surface area (Å²) in [6.07, 6.45) is 8.13. The van der Waals surface area contributed by atoms with Crippen molar-refractivity contribution in [3.63, 3.8) is 0 Å². The van der Waals surface area contributed by atoms with Crippen LogP contribution in [0.4, 0.5) is 5.69 Å². The Morgan fingerprint density at radius 1 is 1.03 bits per heavy atom. The molecule has 1 aromatic heterocycles. The first-order valence-corrected chi connectivity index (χ1v) is 13.3. The molecule has 1 saturated heterocycles. The minimum Gasteiger partial charge on any atom is -0.376 e. The van der Waals surface area contributed by atoms with Gasteiger partial charge in [-0.15, -0.1) is 0 Å². The average molecular weight is 460 g/mol. The van der Waals surface area contributed by atoms with Crippen LogP contribution in [0.5, 0.6) is 0 Å². The van der Waals surface area contributed by atoms with Crippen molar-refractivity contribution in [3.8, 4) is 0 Å². The number of nitrogens with one attached hydrogen (secondary N) is 1. The molecule has 174 valence electrons. The summed E-state index contributed by atoms with van der Waals surface area (Å²) >= 11 is 0. The normalized spacial score (nSPS) is 26.4. The third kappa shape index (κ3) is 5.60. The van der Waals surface area contributed by atoms with Gasteiger partial charge in [0.25, 0.3) is 0 Å². The standard InChI is InChI=1S/C24H33N3O4S/c1-26-16-20(10-13-24(26)28)27-15-14-22(25-32(2,29)30)23(27)17-31-21-11-8-19(9-12-21)18-6-4-3-5-7-18/h3-7,10,13,16,19,21-23,25H,8-9,11-12,14-15,17H2,1-2H3/t19?,21?,22-,23-/m0/s1. The van der Waals surface area contributed by atoms with Gasteiger partial charge in [-0.1, -0.05) is 30.3 Å². The van der Waals surface area contributed by atoms with Crippen LogP contribution >= 0.6 is 0 Å². The molecule has 1 aromatic carbocycles. The molecule has 0 bridgehead atoms. The van der Waals surface area contributed by atoms with Crippen molar-refractivity contribution in [3.05, 3.63) is 64.6 Å². The molecule has 2 atom stereocenters. The fourth-order valence-corrected chi connectivity index (χ4v) is 5.89. The number of benzene rings is 1. The molecule has 1 saturated carbocycles. The van der Waals surface area contributed by atoms with E-state index in [2.05, 4.69) is 40.0 Å². The van der Waals surface area contributed by atoms with Crippen LogP contribution in [0.25, 0.3) is 0 Å². The Morgan fingerprint density at radius 3 is 2.41 bits per heavy atom. The highest BCUT2D eigenvalue weighted by molar-refractivity contribution is 7.88. The maximum absolute atomic E-state index is 11.9. The molecule has 1 aliphatic heterocycles. The number of hydrogen-bond donors (Lipinski definition) is 1. The number of rotatable bonds is 7. The SMILES string of the molecule is Cn1cc(N2CC[C@H](NS(C)(=O)=O)[C@@H]2COC2CCC(c3ccccc3)CC2)ccc1=O. The Balaban J connectivity index is 1.42. The van der Waals surface area contributed by atoms with Crippen LogP contribution in [0.2, 0.25) is 0 Å². The Morgan fingerprint density at radius 2 is 1.75 bits per heavy atom. The molecule has 2 aromatic rings. The van der Waals surface area contributed by atoms with E-state index < -0.39 is 10.0 Å². The van der Waals surface area contributed by atoms with Gasteiger partial charge in [-0.3, -0.25) is 4.79 Å². The van der Waals surface area contributed by atoms with E-state index in [0.29, 0.717) is 25.5 Å². The van der Waals surface area contributed by atoms with Crippen LogP contribution < -0.4 is 15.2 Å². The van der Waals surface area contributed by atoms with Crippen molar-refractivity contribution in [2.45, 2.75) is 56.2 Å². The van der Waals surface area contributed by atoms with E-state index in [4.69, 9.17) is 4.74 Å². The van der Waals surface area contributed by atoms with Crippen molar-refractivity contribution in [1.29, 1.82) is 0 Å². The summed E-state index contributed by atoms with van der Waals surface area (Å²) < 4.78 is 34.6. The molecule has 1 aliphatic carbocycles. The predicted octanol–water partition coefficient (Wildman–Crippen LogP) is 2.62. The first-order chi connectivity index (χ1) is 15.3. The van der Waals surface area contributed by atoms with E-state index in [0.717, 1.165) is 31.4 Å². The van der Waals surface area contributed by atoms with Gasteiger partial charge in [-0.25, -0.2) is 13.1 Å². The van der Waals surface area contributed by atoms with Crippen LogP contribution in [-0.4, -0.2) is 50.6 Å². The van der Waals surface area contributed by atoms with Gasteiger partial charge in [0.1, 0.15) is 0 Å². The molecule has 8 heteroatoms. The van der Waals surface area contributed by atoms with E-state index in [1.54, 1.807) is 17.7 Å². The Kier molecular flexibility index (Phi) is 7.02. The molecular formula is C24H33N3O4S. The summed E-state index contributed by atoms with van der Waals surface area (Å²) in [4.78, 5) is 14.0. The molecule has 2 aliphatic rings. The van der Waals surface area contributed by atoms with Gasteiger partial charge in [0.05, 0.1) is 30.7 Å². The molecule has 0 spiro atoms. The zero-order valence-electron chi connectivity index (χ0n) is 18.8. The molecule has 2 fully saturated rings. The van der Waals surface area contributed by atoms with Crippen molar-refractivity contribution < 1.29 is 13.2 Å². The summed E-state index contributed by atoms with van der Waals surface area (Å²) in [7, 11) is -1.60. The van der Waals surface area contributed by atoms with Gasteiger partial charge >= 0.3 is 0 Å². The van der Waals surface area contributed by atoms with Crippen LogP contribution in [0.3, 0.4) is 0 Å². The summed E-state index contributed by atoms with van der Waals surface area (Å²) in [6.45, 7) is 1.16. The topological polar surface area (TPSA) is 80.6 Å². The number of hydrogen-bond acceptors (Lipinski definition) is 5. The van der Waals surface area contributed by atoms with Crippen LogP contribution in [0.15, 0.2) is 53.5 Å². The molecule has 0 amide bonds. The summed E-state index contributed by atoms with van der Waals surface area (Å²) in [5.74, 6) is 0.587. The second kappa shape index (κ2) is 9.77. The molecule has 1 N–H and O–H groups in total. The zero-order chi connectivity index (χ0) is 22.7. The van der Waals surface area contributed by atoms with E-state index in [1.165, 1.54) is 11.8 Å². The summed E-state index contributed by atoms with van der Waals surface area (Å²) in [6, 6.07) is 13.7. The third-order valence-electron chi connectivity index (χ3n) is 6.76. The Labute approximate surface area is 190 Å². The number of pyridine rings is 1. The van der Waals surface area contributed by atoms with E-state index in [9.17, 15) is 13.2 Å². The highest BCUT2D eigenvalue weighted by atomic mass is 32.2. The zero-order valence-corrected chi connectivity index (χ0v) is 19.6. The van der Waals surface area contributed by atoms with Crippen LogP contribution in [-0.2, 0) is 21.8 Å². The van der Waals surface area contributed by atoms with Crippen LogP contribution in [0, 0.1) is 0 Å². The Hall–Kier alpha value is -2.16. The lowest BCUT2D eigenvalue weighted by Gasteiger charge is -2.33. The lowest BCUT2D eigenvalue weighted by Crippen LogP contribution is -2.48. The highest BCUT2D eigenvalue weighted by Crippen LogP contribution is 2.34.